The molecule has 8 heteroatoms. The minimum absolute atomic E-state index is 0.161. The van der Waals surface area contributed by atoms with Crippen LogP contribution in [0.5, 0.6) is 0 Å². The van der Waals surface area contributed by atoms with Crippen molar-refractivity contribution >= 4 is 11.8 Å². The third kappa shape index (κ3) is 4.79. The van der Waals surface area contributed by atoms with Crippen LogP contribution < -0.4 is 10.6 Å². The molecule has 0 bridgehead atoms. The number of carbonyl (C=O) groups is 2. The molecule has 1 aromatic rings. The standard InChI is InChI=1S/C17H28N4O4/c1-5-19-14(17(2,3)4)16(24)21-9-11(22)6-13(21)15(23)20-8-12-7-18-10-25-12/h7,10-11,13-14,19,22H,5-6,8-9H2,1-4H3,(H,20,23)/t11-,13+,14-/m1/s1. The Morgan fingerprint density at radius 1 is 1.48 bits per heavy atom. The first-order valence-corrected chi connectivity index (χ1v) is 8.61. The Hall–Kier alpha value is -1.93. The van der Waals surface area contributed by atoms with Crippen LogP contribution in [0.25, 0.3) is 0 Å². The minimum atomic E-state index is -0.702. The van der Waals surface area contributed by atoms with E-state index in [1.54, 1.807) is 0 Å². The van der Waals surface area contributed by atoms with Crippen molar-refractivity contribution in [3.8, 4) is 0 Å². The van der Waals surface area contributed by atoms with E-state index in [4.69, 9.17) is 4.42 Å². The van der Waals surface area contributed by atoms with Crippen LogP contribution in [0.2, 0.25) is 0 Å². The van der Waals surface area contributed by atoms with Crippen molar-refractivity contribution in [2.75, 3.05) is 13.1 Å². The van der Waals surface area contributed by atoms with E-state index < -0.39 is 18.2 Å². The number of rotatable bonds is 6. The molecule has 1 aliphatic rings. The van der Waals surface area contributed by atoms with E-state index in [-0.39, 0.29) is 36.7 Å². The molecule has 2 rings (SSSR count). The minimum Gasteiger partial charge on any atom is -0.447 e. The molecule has 0 aliphatic carbocycles. The topological polar surface area (TPSA) is 108 Å². The predicted octanol–water partition coefficient (Wildman–Crippen LogP) is 0.277. The maximum Gasteiger partial charge on any atom is 0.243 e. The molecule has 1 aromatic heterocycles. The highest BCUT2D eigenvalue weighted by atomic mass is 16.3. The van der Waals surface area contributed by atoms with Gasteiger partial charge in [-0.05, 0) is 12.0 Å². The van der Waals surface area contributed by atoms with Crippen molar-refractivity contribution in [1.29, 1.82) is 0 Å². The lowest BCUT2D eigenvalue weighted by atomic mass is 9.85. The molecule has 0 saturated carbocycles. The summed E-state index contributed by atoms with van der Waals surface area (Å²) < 4.78 is 5.09. The molecule has 0 radical (unpaired) electrons. The summed E-state index contributed by atoms with van der Waals surface area (Å²) >= 11 is 0. The van der Waals surface area contributed by atoms with Gasteiger partial charge in [-0.3, -0.25) is 9.59 Å². The van der Waals surface area contributed by atoms with E-state index in [0.717, 1.165) is 0 Å². The van der Waals surface area contributed by atoms with Crippen LogP contribution in [0.4, 0.5) is 0 Å². The summed E-state index contributed by atoms with van der Waals surface area (Å²) in [6.45, 7) is 8.87. The zero-order chi connectivity index (χ0) is 18.6. The highest BCUT2D eigenvalue weighted by Gasteiger charge is 2.43. The molecule has 2 amide bonds. The van der Waals surface area contributed by atoms with E-state index in [0.29, 0.717) is 12.3 Å². The fourth-order valence-electron chi connectivity index (χ4n) is 3.06. The van der Waals surface area contributed by atoms with E-state index in [1.165, 1.54) is 17.5 Å². The summed E-state index contributed by atoms with van der Waals surface area (Å²) in [4.78, 5) is 30.8. The quantitative estimate of drug-likeness (QED) is 0.679. The molecule has 3 atom stereocenters. The molecule has 0 unspecified atom stereocenters. The van der Waals surface area contributed by atoms with Gasteiger partial charge in [0.1, 0.15) is 11.8 Å². The average molecular weight is 352 g/mol. The molecular formula is C17H28N4O4. The third-order valence-corrected chi connectivity index (χ3v) is 4.31. The summed E-state index contributed by atoms with van der Waals surface area (Å²) in [6, 6.07) is -1.11. The number of carbonyl (C=O) groups excluding carboxylic acids is 2. The lowest BCUT2D eigenvalue weighted by Gasteiger charge is -2.35. The molecule has 0 spiro atoms. The summed E-state index contributed by atoms with van der Waals surface area (Å²) in [6.07, 6.45) is 2.35. The second-order valence-electron chi connectivity index (χ2n) is 7.44. The molecule has 1 aliphatic heterocycles. The Kier molecular flexibility index (Phi) is 6.18. The van der Waals surface area contributed by atoms with Crippen molar-refractivity contribution in [1.82, 2.24) is 20.5 Å². The normalized spacial score (nSPS) is 22.0. The van der Waals surface area contributed by atoms with Crippen LogP contribution in [0.15, 0.2) is 17.0 Å². The molecule has 8 nitrogen and oxygen atoms in total. The van der Waals surface area contributed by atoms with Crippen LogP contribution in [0, 0.1) is 5.41 Å². The van der Waals surface area contributed by atoms with E-state index in [2.05, 4.69) is 15.6 Å². The largest absolute Gasteiger partial charge is 0.447 e. The molecule has 1 saturated heterocycles. The van der Waals surface area contributed by atoms with Gasteiger partial charge in [-0.25, -0.2) is 4.98 Å². The second kappa shape index (κ2) is 7.97. The first-order valence-electron chi connectivity index (χ1n) is 8.61. The number of aromatic nitrogens is 1. The number of likely N-dealkylation sites (N-methyl/N-ethyl adjacent to an activating group) is 1. The van der Waals surface area contributed by atoms with Crippen LogP contribution >= 0.6 is 0 Å². The Bertz CT molecular complexity index is 582. The molecule has 25 heavy (non-hydrogen) atoms. The van der Waals surface area contributed by atoms with E-state index >= 15 is 0 Å². The Morgan fingerprint density at radius 2 is 2.20 bits per heavy atom. The average Bonchev–Trinajstić information content (AvgIpc) is 3.17. The molecular weight excluding hydrogens is 324 g/mol. The number of β-amino-alcohol motifs (C(OH)–C–C–N with tert-alkyl or cyclic N) is 1. The number of hydrogen-bond donors (Lipinski definition) is 3. The molecule has 2 heterocycles. The summed E-state index contributed by atoms with van der Waals surface area (Å²) in [5.41, 5.74) is -0.304. The first-order chi connectivity index (χ1) is 11.7. The lowest BCUT2D eigenvalue weighted by Crippen LogP contribution is -2.56. The van der Waals surface area contributed by atoms with Gasteiger partial charge in [0.2, 0.25) is 11.8 Å². The van der Waals surface area contributed by atoms with Crippen molar-refractivity contribution in [2.24, 2.45) is 5.41 Å². The maximum absolute atomic E-state index is 13.0. The van der Waals surface area contributed by atoms with Gasteiger partial charge in [0.25, 0.3) is 0 Å². The number of aliphatic hydroxyl groups excluding tert-OH is 1. The molecule has 0 aromatic carbocycles. The lowest BCUT2D eigenvalue weighted by molar-refractivity contribution is -0.142. The van der Waals surface area contributed by atoms with Gasteiger partial charge in [0.05, 0.1) is 24.9 Å². The van der Waals surface area contributed by atoms with Gasteiger partial charge >= 0.3 is 0 Å². The van der Waals surface area contributed by atoms with Gasteiger partial charge in [-0.15, -0.1) is 0 Å². The molecule has 140 valence electrons. The maximum atomic E-state index is 13.0. The highest BCUT2D eigenvalue weighted by molar-refractivity contribution is 5.91. The summed E-state index contributed by atoms with van der Waals surface area (Å²) in [7, 11) is 0. The number of likely N-dealkylation sites (tertiary alicyclic amines) is 1. The summed E-state index contributed by atoms with van der Waals surface area (Å²) in [5, 5.41) is 16.0. The number of nitrogens with zero attached hydrogens (tertiary/aromatic N) is 2. The number of oxazole rings is 1. The monoisotopic (exact) mass is 352 g/mol. The van der Waals surface area contributed by atoms with Gasteiger partial charge in [-0.2, -0.15) is 0 Å². The highest BCUT2D eigenvalue weighted by Crippen LogP contribution is 2.26. The van der Waals surface area contributed by atoms with Crippen LogP contribution in [0.3, 0.4) is 0 Å². The van der Waals surface area contributed by atoms with Crippen molar-refractivity contribution in [2.45, 2.75) is 58.8 Å². The van der Waals surface area contributed by atoms with Crippen LogP contribution in [-0.2, 0) is 16.1 Å². The van der Waals surface area contributed by atoms with Gasteiger partial charge < -0.3 is 25.1 Å². The summed E-state index contributed by atoms with van der Waals surface area (Å²) in [5.74, 6) is 0.0705. The number of nitrogens with one attached hydrogen (secondary N) is 2. The zero-order valence-corrected chi connectivity index (χ0v) is 15.3. The van der Waals surface area contributed by atoms with Crippen LogP contribution in [-0.4, -0.2) is 58.1 Å². The predicted molar refractivity (Wildman–Crippen MR) is 91.4 cm³/mol. The third-order valence-electron chi connectivity index (χ3n) is 4.31. The fraction of sp³-hybridized carbons (Fsp3) is 0.706. The van der Waals surface area contributed by atoms with Crippen LogP contribution in [0.1, 0.15) is 39.9 Å². The number of amides is 2. The van der Waals surface area contributed by atoms with Gasteiger partial charge in [0.15, 0.2) is 6.39 Å². The van der Waals surface area contributed by atoms with Crippen molar-refractivity contribution in [3.63, 3.8) is 0 Å². The van der Waals surface area contributed by atoms with E-state index in [1.807, 2.05) is 27.7 Å². The number of hydrogen-bond acceptors (Lipinski definition) is 6. The second-order valence-corrected chi connectivity index (χ2v) is 7.44. The zero-order valence-electron chi connectivity index (χ0n) is 15.3. The van der Waals surface area contributed by atoms with Gasteiger partial charge in [0, 0.05) is 13.0 Å². The smallest absolute Gasteiger partial charge is 0.243 e. The SMILES string of the molecule is CCN[C@H](C(=O)N1C[C@H](O)C[C@H]1C(=O)NCc1cnco1)C(C)(C)C. The molecule has 3 N–H and O–H groups in total. The van der Waals surface area contributed by atoms with Crippen molar-refractivity contribution < 1.29 is 19.1 Å². The first kappa shape index (κ1) is 19.4. The Morgan fingerprint density at radius 3 is 2.76 bits per heavy atom. The number of aliphatic hydroxyl groups is 1. The van der Waals surface area contributed by atoms with Crippen molar-refractivity contribution in [3.05, 3.63) is 18.4 Å². The molecule has 1 fully saturated rings. The fourth-order valence-corrected chi connectivity index (χ4v) is 3.06. The van der Waals surface area contributed by atoms with E-state index in [9.17, 15) is 14.7 Å². The Balaban J connectivity index is 2.08. The van der Waals surface area contributed by atoms with Gasteiger partial charge in [-0.1, -0.05) is 27.7 Å². The Labute approximate surface area is 148 Å².